The molecule has 0 spiro atoms. The van der Waals surface area contributed by atoms with Gasteiger partial charge in [0.15, 0.2) is 0 Å². The molecule has 4 nitrogen and oxygen atoms in total. The summed E-state index contributed by atoms with van der Waals surface area (Å²) in [6.07, 6.45) is 3.52. The molecule has 1 heterocycles. The number of aryl methyl sites for hydroxylation is 1. The number of aromatic nitrogens is 2. The summed E-state index contributed by atoms with van der Waals surface area (Å²) in [5.74, 6) is 0.302. The van der Waals surface area contributed by atoms with Crippen molar-refractivity contribution >= 4 is 0 Å². The van der Waals surface area contributed by atoms with Crippen LogP contribution in [0.1, 0.15) is 19.4 Å². The average molecular weight is 197 g/mol. The van der Waals surface area contributed by atoms with Gasteiger partial charge in [-0.05, 0) is 5.92 Å². The first kappa shape index (κ1) is 11.2. The summed E-state index contributed by atoms with van der Waals surface area (Å²) in [7, 11) is 1.90. The lowest BCUT2D eigenvalue weighted by Crippen LogP contribution is -2.30. The highest BCUT2D eigenvalue weighted by Gasteiger charge is 2.07. The SMILES string of the molecule is CC(C)C(O)CNCc1cnn(C)c1. The Morgan fingerprint density at radius 2 is 2.29 bits per heavy atom. The van der Waals surface area contributed by atoms with E-state index in [2.05, 4.69) is 10.4 Å². The molecule has 0 radical (unpaired) electrons. The summed E-state index contributed by atoms with van der Waals surface area (Å²) in [6, 6.07) is 0. The third-order valence-electron chi connectivity index (χ3n) is 2.21. The fraction of sp³-hybridized carbons (Fsp3) is 0.700. The van der Waals surface area contributed by atoms with Crippen LogP contribution < -0.4 is 5.32 Å². The third kappa shape index (κ3) is 3.47. The number of hydrogen-bond donors (Lipinski definition) is 2. The van der Waals surface area contributed by atoms with E-state index in [0.29, 0.717) is 12.5 Å². The van der Waals surface area contributed by atoms with E-state index in [9.17, 15) is 5.11 Å². The fourth-order valence-electron chi connectivity index (χ4n) is 1.16. The monoisotopic (exact) mass is 197 g/mol. The molecular weight excluding hydrogens is 178 g/mol. The Kier molecular flexibility index (Phi) is 4.10. The lowest BCUT2D eigenvalue weighted by molar-refractivity contribution is 0.123. The number of nitrogens with one attached hydrogen (secondary N) is 1. The Labute approximate surface area is 84.9 Å². The highest BCUT2D eigenvalue weighted by atomic mass is 16.3. The Bertz CT molecular complexity index is 270. The molecule has 2 N–H and O–H groups in total. The normalized spacial score (nSPS) is 13.5. The molecule has 1 aromatic heterocycles. The van der Waals surface area contributed by atoms with E-state index >= 15 is 0 Å². The van der Waals surface area contributed by atoms with E-state index in [4.69, 9.17) is 0 Å². The van der Waals surface area contributed by atoms with Crippen LogP contribution in [0.25, 0.3) is 0 Å². The Hall–Kier alpha value is -0.870. The molecule has 0 bridgehead atoms. The smallest absolute Gasteiger partial charge is 0.0687 e. The Balaban J connectivity index is 2.22. The van der Waals surface area contributed by atoms with Crippen molar-refractivity contribution in [2.24, 2.45) is 13.0 Å². The van der Waals surface area contributed by atoms with E-state index in [1.165, 1.54) is 0 Å². The summed E-state index contributed by atoms with van der Waals surface area (Å²) in [4.78, 5) is 0. The van der Waals surface area contributed by atoms with Gasteiger partial charge in [-0.2, -0.15) is 5.10 Å². The molecule has 0 aliphatic heterocycles. The highest BCUT2D eigenvalue weighted by molar-refractivity contribution is 5.02. The molecule has 14 heavy (non-hydrogen) atoms. The molecular formula is C10H19N3O. The maximum Gasteiger partial charge on any atom is 0.0687 e. The van der Waals surface area contributed by atoms with Crippen LogP contribution in [0.2, 0.25) is 0 Å². The quantitative estimate of drug-likeness (QED) is 0.724. The van der Waals surface area contributed by atoms with Crippen molar-refractivity contribution in [3.05, 3.63) is 18.0 Å². The van der Waals surface area contributed by atoms with E-state index in [0.717, 1.165) is 12.1 Å². The molecule has 1 unspecified atom stereocenters. The zero-order chi connectivity index (χ0) is 10.6. The molecule has 1 aromatic rings. The predicted octanol–water partition coefficient (Wildman–Crippen LogP) is 0.527. The summed E-state index contributed by atoms with van der Waals surface area (Å²) < 4.78 is 1.77. The van der Waals surface area contributed by atoms with Gasteiger partial charge in [0.1, 0.15) is 0 Å². The van der Waals surface area contributed by atoms with Crippen molar-refractivity contribution < 1.29 is 5.11 Å². The van der Waals surface area contributed by atoms with Gasteiger partial charge in [-0.25, -0.2) is 0 Å². The lowest BCUT2D eigenvalue weighted by Gasteiger charge is -2.14. The van der Waals surface area contributed by atoms with E-state index < -0.39 is 0 Å². The van der Waals surface area contributed by atoms with Crippen LogP contribution in [0.15, 0.2) is 12.4 Å². The van der Waals surface area contributed by atoms with Gasteiger partial charge in [0.25, 0.3) is 0 Å². The summed E-state index contributed by atoms with van der Waals surface area (Å²) in [5.41, 5.74) is 1.14. The zero-order valence-electron chi connectivity index (χ0n) is 9.07. The molecule has 0 amide bonds. The summed E-state index contributed by atoms with van der Waals surface area (Å²) in [5, 5.41) is 16.8. The number of hydrogen-bond acceptors (Lipinski definition) is 3. The van der Waals surface area contributed by atoms with Crippen LogP contribution in [-0.4, -0.2) is 27.5 Å². The molecule has 1 rings (SSSR count). The molecule has 0 aliphatic carbocycles. The van der Waals surface area contributed by atoms with Crippen molar-refractivity contribution in [2.75, 3.05) is 6.54 Å². The molecule has 1 atom stereocenters. The molecule has 80 valence electrons. The van der Waals surface area contributed by atoms with Gasteiger partial charge in [-0.1, -0.05) is 13.8 Å². The summed E-state index contributed by atoms with van der Waals surface area (Å²) in [6.45, 7) is 5.41. The fourth-order valence-corrected chi connectivity index (χ4v) is 1.16. The van der Waals surface area contributed by atoms with Gasteiger partial charge in [-0.3, -0.25) is 4.68 Å². The van der Waals surface area contributed by atoms with Crippen LogP contribution in [0.4, 0.5) is 0 Å². The minimum absolute atomic E-state index is 0.272. The molecule has 0 aliphatic rings. The minimum Gasteiger partial charge on any atom is -0.392 e. The largest absolute Gasteiger partial charge is 0.392 e. The van der Waals surface area contributed by atoms with Gasteiger partial charge in [-0.15, -0.1) is 0 Å². The molecule has 4 heteroatoms. The summed E-state index contributed by atoms with van der Waals surface area (Å²) >= 11 is 0. The Morgan fingerprint density at radius 3 is 2.79 bits per heavy atom. The van der Waals surface area contributed by atoms with Crippen molar-refractivity contribution in [2.45, 2.75) is 26.5 Å². The third-order valence-corrected chi connectivity index (χ3v) is 2.21. The first-order valence-corrected chi connectivity index (χ1v) is 4.96. The van der Waals surface area contributed by atoms with Crippen LogP contribution in [0, 0.1) is 5.92 Å². The van der Waals surface area contributed by atoms with E-state index in [-0.39, 0.29) is 6.10 Å². The first-order valence-electron chi connectivity index (χ1n) is 4.96. The van der Waals surface area contributed by atoms with Crippen molar-refractivity contribution in [3.8, 4) is 0 Å². The Morgan fingerprint density at radius 1 is 1.57 bits per heavy atom. The van der Waals surface area contributed by atoms with Crippen molar-refractivity contribution in [3.63, 3.8) is 0 Å². The number of nitrogens with zero attached hydrogens (tertiary/aromatic N) is 2. The molecule has 0 aromatic carbocycles. The second-order valence-electron chi connectivity index (χ2n) is 3.96. The molecule has 0 fully saturated rings. The van der Waals surface area contributed by atoms with E-state index in [1.54, 1.807) is 4.68 Å². The van der Waals surface area contributed by atoms with Crippen LogP contribution in [0.5, 0.6) is 0 Å². The maximum absolute atomic E-state index is 9.53. The van der Waals surface area contributed by atoms with Crippen LogP contribution in [0.3, 0.4) is 0 Å². The van der Waals surface area contributed by atoms with Gasteiger partial charge >= 0.3 is 0 Å². The topological polar surface area (TPSA) is 50.1 Å². The van der Waals surface area contributed by atoms with Crippen molar-refractivity contribution in [1.29, 1.82) is 0 Å². The molecule has 0 saturated carbocycles. The van der Waals surface area contributed by atoms with Gasteiger partial charge in [0.2, 0.25) is 0 Å². The number of aliphatic hydroxyl groups is 1. The second-order valence-corrected chi connectivity index (χ2v) is 3.96. The average Bonchev–Trinajstić information content (AvgIpc) is 2.51. The van der Waals surface area contributed by atoms with Gasteiger partial charge in [0.05, 0.1) is 12.3 Å². The van der Waals surface area contributed by atoms with E-state index in [1.807, 2.05) is 33.3 Å². The second kappa shape index (κ2) is 5.12. The number of rotatable bonds is 5. The lowest BCUT2D eigenvalue weighted by atomic mass is 10.1. The first-order chi connectivity index (χ1) is 6.59. The minimum atomic E-state index is -0.272. The van der Waals surface area contributed by atoms with Crippen LogP contribution in [-0.2, 0) is 13.6 Å². The number of aliphatic hydroxyl groups excluding tert-OH is 1. The molecule has 0 saturated heterocycles. The van der Waals surface area contributed by atoms with Gasteiger partial charge in [0, 0.05) is 31.9 Å². The van der Waals surface area contributed by atoms with Gasteiger partial charge < -0.3 is 10.4 Å². The predicted molar refractivity (Wildman–Crippen MR) is 55.8 cm³/mol. The van der Waals surface area contributed by atoms with Crippen LogP contribution >= 0.6 is 0 Å². The van der Waals surface area contributed by atoms with Crippen molar-refractivity contribution in [1.82, 2.24) is 15.1 Å². The highest BCUT2D eigenvalue weighted by Crippen LogP contribution is 2.00. The maximum atomic E-state index is 9.53. The zero-order valence-corrected chi connectivity index (χ0v) is 9.07. The standard InChI is InChI=1S/C10H19N3O/c1-8(2)10(14)6-11-4-9-5-12-13(3)7-9/h5,7-8,10-11,14H,4,6H2,1-3H3.